The van der Waals surface area contributed by atoms with Gasteiger partial charge >= 0.3 is 0 Å². The normalized spacial score (nSPS) is 10.3. The molecule has 0 radical (unpaired) electrons. The molecule has 2 aromatic carbocycles. The first kappa shape index (κ1) is 22.2. The number of rotatable bonds is 5. The van der Waals surface area contributed by atoms with Crippen molar-refractivity contribution in [2.45, 2.75) is 39.9 Å². The van der Waals surface area contributed by atoms with Gasteiger partial charge in [-0.1, -0.05) is 0 Å². The summed E-state index contributed by atoms with van der Waals surface area (Å²) in [5.41, 5.74) is 6.36. The Balaban J connectivity index is 0.000000263. The van der Waals surface area contributed by atoms with Gasteiger partial charge in [0.05, 0.1) is 26.1 Å². The molecule has 26 heavy (non-hydrogen) atoms. The Labute approximate surface area is 170 Å². The Kier molecular flexibility index (Phi) is 8.87. The van der Waals surface area contributed by atoms with E-state index in [2.05, 4.69) is 31.9 Å². The summed E-state index contributed by atoms with van der Waals surface area (Å²) in [6.45, 7) is 7.77. The third-order valence-corrected chi connectivity index (χ3v) is 4.05. The molecule has 2 aromatic rings. The highest BCUT2D eigenvalue weighted by molar-refractivity contribution is 9.10. The van der Waals surface area contributed by atoms with E-state index in [1.165, 1.54) is 12.1 Å². The number of non-ortho nitro benzene ring substituents is 1. The maximum Gasteiger partial charge on any atom is 0.270 e. The highest BCUT2D eigenvalue weighted by Gasteiger charge is 2.10. The molecule has 0 aliphatic heterocycles. The molecule has 0 atom stereocenters. The van der Waals surface area contributed by atoms with Crippen LogP contribution in [0.4, 0.5) is 11.4 Å². The van der Waals surface area contributed by atoms with Crippen molar-refractivity contribution in [2.24, 2.45) is 0 Å². The lowest BCUT2D eigenvalue weighted by molar-refractivity contribution is -0.385. The minimum absolute atomic E-state index is 0.0488. The van der Waals surface area contributed by atoms with E-state index in [0.717, 1.165) is 15.9 Å². The standard InChI is InChI=1S/C9H10BrNO3.C9H12BrNO/c1-6(2)14-9-4-3-7(11(12)13)5-8(9)10;1-6(2)12-9-4-3-7(11)5-8(9)10/h3-6H,1-2H3;3-6H,11H2,1-2H3. The van der Waals surface area contributed by atoms with Gasteiger partial charge in [0.1, 0.15) is 11.5 Å². The summed E-state index contributed by atoms with van der Waals surface area (Å²) in [5.74, 6) is 1.45. The first-order valence-corrected chi connectivity index (χ1v) is 9.51. The third-order valence-electron chi connectivity index (χ3n) is 2.81. The van der Waals surface area contributed by atoms with Crippen LogP contribution in [0.2, 0.25) is 0 Å². The van der Waals surface area contributed by atoms with Crippen molar-refractivity contribution in [2.75, 3.05) is 5.73 Å². The molecule has 0 fully saturated rings. The molecule has 0 heterocycles. The number of halogens is 2. The lowest BCUT2D eigenvalue weighted by Gasteiger charge is -2.11. The number of hydrogen-bond donors (Lipinski definition) is 1. The minimum Gasteiger partial charge on any atom is -0.490 e. The minimum atomic E-state index is -0.441. The van der Waals surface area contributed by atoms with Gasteiger partial charge in [-0.15, -0.1) is 0 Å². The van der Waals surface area contributed by atoms with E-state index >= 15 is 0 Å². The fourth-order valence-corrected chi connectivity index (χ4v) is 2.77. The van der Waals surface area contributed by atoms with E-state index in [9.17, 15) is 10.1 Å². The summed E-state index contributed by atoms with van der Waals surface area (Å²) in [7, 11) is 0. The highest BCUT2D eigenvalue weighted by Crippen LogP contribution is 2.29. The van der Waals surface area contributed by atoms with Crippen molar-refractivity contribution in [3.8, 4) is 11.5 Å². The molecule has 0 aliphatic rings. The molecule has 2 N–H and O–H groups in total. The summed E-state index contributed by atoms with van der Waals surface area (Å²) in [5, 5.41) is 10.4. The summed E-state index contributed by atoms with van der Waals surface area (Å²) >= 11 is 6.59. The molecule has 0 saturated heterocycles. The topological polar surface area (TPSA) is 87.6 Å². The van der Waals surface area contributed by atoms with Gasteiger partial charge in [0.15, 0.2) is 0 Å². The van der Waals surface area contributed by atoms with Gasteiger partial charge in [0, 0.05) is 17.8 Å². The van der Waals surface area contributed by atoms with E-state index in [4.69, 9.17) is 15.2 Å². The lowest BCUT2D eigenvalue weighted by Crippen LogP contribution is -2.05. The monoisotopic (exact) mass is 488 g/mol. The zero-order valence-corrected chi connectivity index (χ0v) is 18.2. The Morgan fingerprint density at radius 3 is 1.77 bits per heavy atom. The SMILES string of the molecule is CC(C)Oc1ccc(N)cc1Br.CC(C)Oc1ccc([N+](=O)[O-])cc1Br. The van der Waals surface area contributed by atoms with E-state index in [1.807, 2.05) is 45.9 Å². The summed E-state index contributed by atoms with van der Waals surface area (Å²) in [6.07, 6.45) is 0.234. The zero-order valence-electron chi connectivity index (χ0n) is 15.0. The molecule has 0 aliphatic carbocycles. The van der Waals surface area contributed by atoms with Crippen LogP contribution in [0.15, 0.2) is 45.3 Å². The van der Waals surface area contributed by atoms with Gasteiger partial charge in [-0.2, -0.15) is 0 Å². The third kappa shape index (κ3) is 7.61. The number of ether oxygens (including phenoxy) is 2. The smallest absolute Gasteiger partial charge is 0.270 e. The van der Waals surface area contributed by atoms with Crippen molar-refractivity contribution in [1.82, 2.24) is 0 Å². The van der Waals surface area contributed by atoms with E-state index < -0.39 is 4.92 Å². The quantitative estimate of drug-likeness (QED) is 0.318. The van der Waals surface area contributed by atoms with Crippen molar-refractivity contribution in [1.29, 1.82) is 0 Å². The highest BCUT2D eigenvalue weighted by atomic mass is 79.9. The summed E-state index contributed by atoms with van der Waals surface area (Å²) < 4.78 is 12.4. The van der Waals surface area contributed by atoms with Crippen molar-refractivity contribution in [3.63, 3.8) is 0 Å². The summed E-state index contributed by atoms with van der Waals surface area (Å²) in [6, 6.07) is 9.95. The molecule has 0 saturated carbocycles. The number of nitro benzene ring substituents is 1. The number of hydrogen-bond acceptors (Lipinski definition) is 5. The van der Waals surface area contributed by atoms with E-state index in [1.54, 1.807) is 6.07 Å². The number of anilines is 1. The molecule has 2 rings (SSSR count). The first-order valence-electron chi connectivity index (χ1n) is 7.92. The Bertz CT molecular complexity index is 752. The fourth-order valence-electron chi connectivity index (χ4n) is 1.82. The molecule has 0 bridgehead atoms. The molecule has 8 heteroatoms. The van der Waals surface area contributed by atoms with Crippen LogP contribution < -0.4 is 15.2 Å². The Morgan fingerprint density at radius 1 is 0.923 bits per heavy atom. The summed E-state index contributed by atoms with van der Waals surface area (Å²) in [4.78, 5) is 9.99. The van der Waals surface area contributed by atoms with E-state index in [-0.39, 0.29) is 17.9 Å². The van der Waals surface area contributed by atoms with Crippen LogP contribution in [0.5, 0.6) is 11.5 Å². The molecule has 0 unspecified atom stereocenters. The second-order valence-corrected chi connectivity index (χ2v) is 7.60. The van der Waals surface area contributed by atoms with Crippen LogP contribution in [-0.2, 0) is 0 Å². The van der Waals surface area contributed by atoms with Crippen molar-refractivity contribution >= 4 is 43.2 Å². The first-order chi connectivity index (χ1) is 12.1. The van der Waals surface area contributed by atoms with Crippen LogP contribution in [0.3, 0.4) is 0 Å². The molecular weight excluding hydrogens is 468 g/mol. The molecule has 142 valence electrons. The molecule has 0 aromatic heterocycles. The number of nitrogens with zero attached hydrogens (tertiary/aromatic N) is 1. The molecular formula is C18H22Br2N2O4. The number of nitrogens with two attached hydrogens (primary N) is 1. The van der Waals surface area contributed by atoms with Gasteiger partial charge in [-0.25, -0.2) is 0 Å². The van der Waals surface area contributed by atoms with Crippen LogP contribution in [0, 0.1) is 10.1 Å². The second-order valence-electron chi connectivity index (χ2n) is 5.89. The number of benzene rings is 2. The van der Waals surface area contributed by atoms with Crippen molar-refractivity contribution < 1.29 is 14.4 Å². The largest absolute Gasteiger partial charge is 0.490 e. The van der Waals surface area contributed by atoms with Crippen LogP contribution in [0.25, 0.3) is 0 Å². The van der Waals surface area contributed by atoms with E-state index in [0.29, 0.717) is 10.2 Å². The predicted octanol–water partition coefficient (Wildman–Crippen LogP) is 5.96. The number of nitrogen functional groups attached to an aromatic ring is 1. The van der Waals surface area contributed by atoms with Gasteiger partial charge in [-0.05, 0) is 83.8 Å². The molecule has 6 nitrogen and oxygen atoms in total. The van der Waals surface area contributed by atoms with Crippen LogP contribution in [-0.4, -0.2) is 17.1 Å². The van der Waals surface area contributed by atoms with Gasteiger partial charge < -0.3 is 15.2 Å². The molecule has 0 amide bonds. The number of nitro groups is 1. The van der Waals surface area contributed by atoms with Gasteiger partial charge in [0.2, 0.25) is 0 Å². The Hall–Kier alpha value is -1.80. The molecule has 0 spiro atoms. The fraction of sp³-hybridized carbons (Fsp3) is 0.333. The predicted molar refractivity (Wildman–Crippen MR) is 111 cm³/mol. The van der Waals surface area contributed by atoms with Crippen molar-refractivity contribution in [3.05, 3.63) is 55.5 Å². The van der Waals surface area contributed by atoms with Crippen LogP contribution in [0.1, 0.15) is 27.7 Å². The average molecular weight is 490 g/mol. The maximum absolute atomic E-state index is 10.4. The average Bonchev–Trinajstić information content (AvgIpc) is 2.52. The maximum atomic E-state index is 10.4. The van der Waals surface area contributed by atoms with Gasteiger partial charge in [-0.3, -0.25) is 10.1 Å². The second kappa shape index (κ2) is 10.4. The zero-order chi connectivity index (χ0) is 19.9. The Morgan fingerprint density at radius 2 is 1.38 bits per heavy atom. The lowest BCUT2D eigenvalue weighted by atomic mass is 10.3. The van der Waals surface area contributed by atoms with Crippen LogP contribution >= 0.6 is 31.9 Å². The van der Waals surface area contributed by atoms with Gasteiger partial charge in [0.25, 0.3) is 5.69 Å².